The SMILES string of the molecule is C=C(C)C(=O)OC[N+](CC)(CC)CC.C=C(C)C(=O)OC[N+]1(C)CCC(CC)CC1. The zero-order valence-electron chi connectivity index (χ0n) is 20.6. The van der Waals surface area contributed by atoms with Gasteiger partial charge in [0.25, 0.3) is 0 Å². The van der Waals surface area contributed by atoms with Crippen molar-refractivity contribution in [3.05, 3.63) is 24.3 Å². The Kier molecular flexibility index (Phi) is 12.9. The van der Waals surface area contributed by atoms with Crippen molar-refractivity contribution >= 4 is 11.9 Å². The van der Waals surface area contributed by atoms with Crippen LogP contribution in [-0.2, 0) is 19.1 Å². The molecule has 1 aliphatic rings. The van der Waals surface area contributed by atoms with Crippen LogP contribution in [0.25, 0.3) is 0 Å². The third kappa shape index (κ3) is 9.90. The van der Waals surface area contributed by atoms with E-state index in [9.17, 15) is 9.59 Å². The number of ether oxygens (including phenoxy) is 2. The van der Waals surface area contributed by atoms with Gasteiger partial charge in [0.2, 0.25) is 13.5 Å². The van der Waals surface area contributed by atoms with Crippen molar-refractivity contribution in [2.24, 2.45) is 5.92 Å². The van der Waals surface area contributed by atoms with Gasteiger partial charge in [-0.15, -0.1) is 0 Å². The fourth-order valence-corrected chi connectivity index (χ4v) is 3.38. The second kappa shape index (κ2) is 13.6. The van der Waals surface area contributed by atoms with Crippen LogP contribution in [0.5, 0.6) is 0 Å². The van der Waals surface area contributed by atoms with Crippen LogP contribution in [0.15, 0.2) is 24.3 Å². The molecule has 30 heavy (non-hydrogen) atoms. The summed E-state index contributed by atoms with van der Waals surface area (Å²) in [7, 11) is 2.16. The number of nitrogens with zero attached hydrogens (tertiary/aromatic N) is 2. The van der Waals surface area contributed by atoms with Gasteiger partial charge in [-0.2, -0.15) is 0 Å². The van der Waals surface area contributed by atoms with Gasteiger partial charge in [0.15, 0.2) is 0 Å². The number of carbonyl (C=O) groups is 2. The summed E-state index contributed by atoms with van der Waals surface area (Å²) >= 11 is 0. The Labute approximate surface area is 184 Å². The first-order valence-corrected chi connectivity index (χ1v) is 11.3. The maximum atomic E-state index is 11.3. The molecule has 6 nitrogen and oxygen atoms in total. The predicted octanol–water partition coefficient (Wildman–Crippen LogP) is 4.27. The standard InChI is InChI=1S/C13H24NO2.C11H22NO2/c1-5-12-6-8-14(4,9-7-12)10-16-13(15)11(2)3;1-6-12(7-2,8-3)9-14-11(13)10(4)5/h12H,2,5-10H2,1,3-4H3;4,6-9H2,1-3,5H3/q2*+1. The summed E-state index contributed by atoms with van der Waals surface area (Å²) in [4.78, 5) is 22.5. The molecule has 0 amide bonds. The largest absolute Gasteiger partial charge is 0.412 e. The van der Waals surface area contributed by atoms with Gasteiger partial charge in [-0.1, -0.05) is 26.5 Å². The Morgan fingerprint density at radius 1 is 0.900 bits per heavy atom. The number of hydrogen-bond donors (Lipinski definition) is 0. The van der Waals surface area contributed by atoms with E-state index >= 15 is 0 Å². The molecule has 0 saturated carbocycles. The fraction of sp³-hybridized carbons (Fsp3) is 0.750. The van der Waals surface area contributed by atoms with E-state index in [0.717, 1.165) is 47.6 Å². The Hall–Kier alpha value is -1.66. The molecule has 0 aromatic heterocycles. The zero-order valence-corrected chi connectivity index (χ0v) is 20.6. The number of esters is 2. The summed E-state index contributed by atoms with van der Waals surface area (Å²) in [6.45, 7) is 25.2. The Morgan fingerprint density at radius 3 is 1.70 bits per heavy atom. The van der Waals surface area contributed by atoms with Crippen LogP contribution in [-0.4, -0.2) is 74.1 Å². The minimum atomic E-state index is -0.289. The molecular weight excluding hydrogens is 380 g/mol. The highest BCUT2D eigenvalue weighted by Crippen LogP contribution is 2.24. The van der Waals surface area contributed by atoms with Gasteiger partial charge >= 0.3 is 11.9 Å². The highest BCUT2D eigenvalue weighted by molar-refractivity contribution is 5.87. The summed E-state index contributed by atoms with van der Waals surface area (Å²) in [5.74, 6) is 0.308. The number of piperidine rings is 1. The van der Waals surface area contributed by atoms with Gasteiger partial charge in [0.05, 0.1) is 39.8 Å². The van der Waals surface area contributed by atoms with Crippen molar-refractivity contribution in [3.63, 3.8) is 0 Å². The van der Waals surface area contributed by atoms with Crippen molar-refractivity contribution in [2.45, 2.75) is 60.8 Å². The summed E-state index contributed by atoms with van der Waals surface area (Å²) < 4.78 is 12.1. The van der Waals surface area contributed by atoms with E-state index in [1.165, 1.54) is 19.3 Å². The Morgan fingerprint density at radius 2 is 1.33 bits per heavy atom. The maximum absolute atomic E-state index is 11.3. The number of quaternary nitrogens is 2. The van der Waals surface area contributed by atoms with Crippen LogP contribution >= 0.6 is 0 Å². The van der Waals surface area contributed by atoms with Crippen molar-refractivity contribution in [1.29, 1.82) is 0 Å². The van der Waals surface area contributed by atoms with Gasteiger partial charge in [-0.05, 0) is 53.4 Å². The first-order valence-electron chi connectivity index (χ1n) is 11.3. The highest BCUT2D eigenvalue weighted by Gasteiger charge is 2.30. The van der Waals surface area contributed by atoms with E-state index in [-0.39, 0.29) is 11.9 Å². The lowest BCUT2D eigenvalue weighted by Gasteiger charge is -2.39. The lowest BCUT2D eigenvalue weighted by molar-refractivity contribution is -0.938. The van der Waals surface area contributed by atoms with Gasteiger partial charge in [0.1, 0.15) is 0 Å². The van der Waals surface area contributed by atoms with Crippen LogP contribution < -0.4 is 0 Å². The molecule has 0 atom stereocenters. The van der Waals surface area contributed by atoms with E-state index in [2.05, 4.69) is 47.9 Å². The molecule has 1 aliphatic heterocycles. The van der Waals surface area contributed by atoms with E-state index in [4.69, 9.17) is 9.47 Å². The number of rotatable bonds is 10. The van der Waals surface area contributed by atoms with E-state index in [1.54, 1.807) is 13.8 Å². The summed E-state index contributed by atoms with van der Waals surface area (Å²) in [5, 5.41) is 0. The van der Waals surface area contributed by atoms with Gasteiger partial charge in [-0.3, -0.25) is 8.97 Å². The van der Waals surface area contributed by atoms with Crippen molar-refractivity contribution < 1.29 is 28.0 Å². The average Bonchev–Trinajstić information content (AvgIpc) is 2.74. The smallest absolute Gasteiger partial charge is 0.337 e. The second-order valence-electron chi connectivity index (χ2n) is 8.89. The molecule has 1 fully saturated rings. The summed E-state index contributed by atoms with van der Waals surface area (Å²) in [6, 6.07) is 0. The number of carbonyl (C=O) groups excluding carboxylic acids is 2. The molecule has 1 heterocycles. The molecule has 0 radical (unpaired) electrons. The van der Waals surface area contributed by atoms with Crippen molar-refractivity contribution in [1.82, 2.24) is 0 Å². The number of hydrogen-bond acceptors (Lipinski definition) is 4. The Balaban J connectivity index is 0.000000567. The molecule has 0 N–H and O–H groups in total. The lowest BCUT2D eigenvalue weighted by Crippen LogP contribution is -2.51. The molecule has 0 bridgehead atoms. The molecular formula is C24H46N2O4+2. The quantitative estimate of drug-likeness (QED) is 0.227. The van der Waals surface area contributed by atoms with E-state index in [0.29, 0.717) is 24.6 Å². The molecule has 0 spiro atoms. The van der Waals surface area contributed by atoms with E-state index < -0.39 is 0 Å². The average molecular weight is 427 g/mol. The van der Waals surface area contributed by atoms with Crippen LogP contribution in [0.4, 0.5) is 0 Å². The minimum Gasteiger partial charge on any atom is -0.412 e. The van der Waals surface area contributed by atoms with Crippen LogP contribution in [0.3, 0.4) is 0 Å². The second-order valence-corrected chi connectivity index (χ2v) is 8.89. The topological polar surface area (TPSA) is 52.6 Å². The van der Waals surface area contributed by atoms with Crippen molar-refractivity contribution in [3.8, 4) is 0 Å². The summed E-state index contributed by atoms with van der Waals surface area (Å²) in [6.07, 6.45) is 3.76. The van der Waals surface area contributed by atoms with Crippen LogP contribution in [0, 0.1) is 5.92 Å². The molecule has 0 unspecified atom stereocenters. The van der Waals surface area contributed by atoms with Gasteiger partial charge in [0, 0.05) is 11.1 Å². The van der Waals surface area contributed by atoms with Crippen LogP contribution in [0.2, 0.25) is 0 Å². The van der Waals surface area contributed by atoms with Gasteiger partial charge < -0.3 is 9.47 Å². The monoisotopic (exact) mass is 426 g/mol. The summed E-state index contributed by atoms with van der Waals surface area (Å²) in [5.41, 5.74) is 0.946. The Bertz CT molecular complexity index is 565. The molecule has 0 aromatic carbocycles. The molecule has 0 aromatic rings. The van der Waals surface area contributed by atoms with Crippen molar-refractivity contribution in [2.75, 3.05) is 53.2 Å². The molecule has 0 aliphatic carbocycles. The van der Waals surface area contributed by atoms with Crippen LogP contribution in [0.1, 0.15) is 60.8 Å². The third-order valence-corrected chi connectivity index (χ3v) is 6.42. The van der Waals surface area contributed by atoms with Gasteiger partial charge in [-0.25, -0.2) is 9.59 Å². The molecule has 1 saturated heterocycles. The zero-order chi connectivity index (χ0) is 23.4. The predicted molar refractivity (Wildman–Crippen MR) is 122 cm³/mol. The first-order chi connectivity index (χ1) is 14.0. The first kappa shape index (κ1) is 28.3. The molecule has 174 valence electrons. The third-order valence-electron chi connectivity index (χ3n) is 6.42. The maximum Gasteiger partial charge on any atom is 0.337 e. The molecule has 6 heteroatoms. The lowest BCUT2D eigenvalue weighted by atomic mass is 9.93. The van der Waals surface area contributed by atoms with E-state index in [1.807, 2.05) is 0 Å². The number of likely N-dealkylation sites (tertiary alicyclic amines) is 1. The minimum absolute atomic E-state index is 0.267. The molecule has 1 rings (SSSR count). The normalized spacial score (nSPS) is 21.1. The highest BCUT2D eigenvalue weighted by atomic mass is 16.6. The fourth-order valence-electron chi connectivity index (χ4n) is 3.38.